The standard InChI is InChI=1S/C13H27.C6H6NO.Sn/c1-4-7-10-13(11-8-5-2)12-9-6-3;1-7-5-3-2-4-6(7)8;/h4-12H2,1-3H3;3-5H,1H3;. The van der Waals surface area contributed by atoms with Gasteiger partial charge in [0, 0.05) is 0 Å². The van der Waals surface area contributed by atoms with Crippen molar-refractivity contribution in [2.45, 2.75) is 82.0 Å². The zero-order valence-electron chi connectivity index (χ0n) is 15.0. The van der Waals surface area contributed by atoms with Crippen LogP contribution in [0, 0.1) is 0 Å². The molecular formula is C19H33NOSn. The van der Waals surface area contributed by atoms with Crippen molar-refractivity contribution in [3.8, 4) is 0 Å². The van der Waals surface area contributed by atoms with Crippen LogP contribution in [0.5, 0.6) is 0 Å². The van der Waals surface area contributed by atoms with Crippen molar-refractivity contribution < 1.29 is 0 Å². The van der Waals surface area contributed by atoms with Gasteiger partial charge in [0.05, 0.1) is 0 Å². The number of nitrogens with zero attached hydrogens (tertiary/aromatic N) is 1. The maximum atomic E-state index is 12.0. The van der Waals surface area contributed by atoms with Crippen molar-refractivity contribution >= 4 is 24.7 Å². The third-order valence-electron chi connectivity index (χ3n) is 4.54. The van der Waals surface area contributed by atoms with Crippen LogP contribution in [0.1, 0.15) is 78.6 Å². The van der Waals surface area contributed by atoms with Crippen molar-refractivity contribution in [3.63, 3.8) is 0 Å². The molecule has 0 aliphatic rings. The number of unbranched alkanes of at least 4 members (excludes halogenated alkanes) is 3. The molecule has 2 nitrogen and oxygen atoms in total. The zero-order valence-corrected chi connectivity index (χ0v) is 17.8. The van der Waals surface area contributed by atoms with E-state index in [0.717, 1.165) is 0 Å². The van der Waals surface area contributed by atoms with Crippen molar-refractivity contribution in [2.75, 3.05) is 0 Å². The summed E-state index contributed by atoms with van der Waals surface area (Å²) in [5.74, 6) is 0. The monoisotopic (exact) mass is 411 g/mol. The fourth-order valence-corrected chi connectivity index (χ4v) is 8.38. The Morgan fingerprint density at radius 3 is 1.91 bits per heavy atom. The molecule has 0 saturated carbocycles. The summed E-state index contributed by atoms with van der Waals surface area (Å²) in [5.41, 5.74) is 0.161. The number of pyridine rings is 1. The molecule has 0 aliphatic heterocycles. The molecule has 124 valence electrons. The van der Waals surface area contributed by atoms with E-state index in [2.05, 4.69) is 26.8 Å². The van der Waals surface area contributed by atoms with Crippen molar-refractivity contribution in [2.24, 2.45) is 7.05 Å². The van der Waals surface area contributed by atoms with Crippen molar-refractivity contribution in [3.05, 3.63) is 28.7 Å². The number of hydrogen-bond acceptors (Lipinski definition) is 1. The van der Waals surface area contributed by atoms with Crippen LogP contribution in [-0.4, -0.2) is 25.7 Å². The van der Waals surface area contributed by atoms with E-state index in [4.69, 9.17) is 0 Å². The molecule has 1 aromatic heterocycles. The molecule has 0 N–H and O–H groups in total. The van der Waals surface area contributed by atoms with Crippen LogP contribution >= 0.6 is 0 Å². The number of aryl methyl sites for hydroxylation is 1. The van der Waals surface area contributed by atoms with Gasteiger partial charge in [-0.15, -0.1) is 0 Å². The molecule has 0 aliphatic carbocycles. The second-order valence-corrected chi connectivity index (χ2v) is 12.0. The average Bonchev–Trinajstić information content (AvgIpc) is 2.52. The molecule has 0 bridgehead atoms. The number of aromatic nitrogens is 1. The molecule has 0 unspecified atom stereocenters. The fourth-order valence-electron chi connectivity index (χ4n) is 3.04. The van der Waals surface area contributed by atoms with Gasteiger partial charge in [-0.1, -0.05) is 0 Å². The molecule has 1 rings (SSSR count). The van der Waals surface area contributed by atoms with E-state index in [-0.39, 0.29) is 5.56 Å². The second-order valence-electron chi connectivity index (χ2n) is 6.58. The first-order chi connectivity index (χ1) is 10.6. The molecule has 22 heavy (non-hydrogen) atoms. The first kappa shape index (κ1) is 19.8. The summed E-state index contributed by atoms with van der Waals surface area (Å²) in [6.07, 6.45) is 14.0. The second kappa shape index (κ2) is 10.5. The number of hydrogen-bond donors (Lipinski definition) is 0. The Morgan fingerprint density at radius 2 is 1.50 bits per heavy atom. The molecular weight excluding hydrogens is 377 g/mol. The molecule has 0 atom stereocenters. The van der Waals surface area contributed by atoms with E-state index in [1.807, 2.05) is 19.3 Å². The van der Waals surface area contributed by atoms with Crippen LogP contribution in [0.3, 0.4) is 0 Å². The van der Waals surface area contributed by atoms with E-state index < -0.39 is 21.1 Å². The van der Waals surface area contributed by atoms with E-state index in [1.54, 1.807) is 4.57 Å². The normalized spacial score (nSPS) is 11.8. The van der Waals surface area contributed by atoms with E-state index in [0.29, 0.717) is 3.43 Å². The number of rotatable bonds is 11. The zero-order chi connectivity index (χ0) is 16.4. The Labute approximate surface area is 146 Å². The summed E-state index contributed by atoms with van der Waals surface area (Å²) in [7, 11) is 1.84. The topological polar surface area (TPSA) is 22.0 Å². The predicted octanol–water partition coefficient (Wildman–Crippen LogP) is 4.44. The summed E-state index contributed by atoms with van der Waals surface area (Å²) < 4.78 is 3.65. The quantitative estimate of drug-likeness (QED) is 0.495. The van der Waals surface area contributed by atoms with Gasteiger partial charge in [-0.3, -0.25) is 0 Å². The van der Waals surface area contributed by atoms with Gasteiger partial charge in [0.25, 0.3) is 0 Å². The van der Waals surface area contributed by atoms with Crippen molar-refractivity contribution in [1.82, 2.24) is 4.57 Å². The Morgan fingerprint density at radius 1 is 1.00 bits per heavy atom. The molecule has 0 fully saturated rings. The average molecular weight is 410 g/mol. The first-order valence-corrected chi connectivity index (χ1v) is 11.9. The van der Waals surface area contributed by atoms with Crippen molar-refractivity contribution in [1.29, 1.82) is 0 Å². The predicted molar refractivity (Wildman–Crippen MR) is 98.3 cm³/mol. The molecule has 1 heterocycles. The van der Waals surface area contributed by atoms with Crippen LogP contribution in [0.4, 0.5) is 0 Å². The van der Waals surface area contributed by atoms with E-state index >= 15 is 0 Å². The van der Waals surface area contributed by atoms with Crippen LogP contribution in [0.2, 0.25) is 3.43 Å². The minimum absolute atomic E-state index is 0.161. The Balaban J connectivity index is 2.97. The van der Waals surface area contributed by atoms with Crippen LogP contribution < -0.4 is 9.14 Å². The van der Waals surface area contributed by atoms with Crippen LogP contribution in [-0.2, 0) is 7.05 Å². The van der Waals surface area contributed by atoms with E-state index in [9.17, 15) is 4.79 Å². The Bertz CT molecular complexity index is 459. The maximum absolute atomic E-state index is 12.0. The summed E-state index contributed by atoms with van der Waals surface area (Å²) in [5, 5.41) is 0. The van der Waals surface area contributed by atoms with Gasteiger partial charge in [0.15, 0.2) is 0 Å². The molecule has 1 aromatic rings. The van der Waals surface area contributed by atoms with Gasteiger partial charge in [-0.2, -0.15) is 0 Å². The summed E-state index contributed by atoms with van der Waals surface area (Å²) in [6, 6.07) is 4.14. The fraction of sp³-hybridized carbons (Fsp3) is 0.737. The molecule has 0 amide bonds. The van der Waals surface area contributed by atoms with Gasteiger partial charge in [0.1, 0.15) is 0 Å². The molecule has 0 spiro atoms. The SMILES string of the molecule is CCCC[C](CCCC)(CCCC)[Sn][c]1ccn(C)c(=O)c1. The summed E-state index contributed by atoms with van der Waals surface area (Å²) in [6.45, 7) is 6.90. The molecule has 3 heteroatoms. The van der Waals surface area contributed by atoms with Gasteiger partial charge >= 0.3 is 147 Å². The van der Waals surface area contributed by atoms with Gasteiger partial charge in [-0.25, -0.2) is 0 Å². The summed E-state index contributed by atoms with van der Waals surface area (Å²) >= 11 is -0.749. The Kier molecular flexibility index (Phi) is 9.46. The molecule has 2 radical (unpaired) electrons. The van der Waals surface area contributed by atoms with Gasteiger partial charge in [-0.05, 0) is 0 Å². The summed E-state index contributed by atoms with van der Waals surface area (Å²) in [4.78, 5) is 12.0. The van der Waals surface area contributed by atoms with Gasteiger partial charge in [0.2, 0.25) is 0 Å². The van der Waals surface area contributed by atoms with E-state index in [1.165, 1.54) is 61.4 Å². The van der Waals surface area contributed by atoms with Crippen LogP contribution in [0.15, 0.2) is 23.1 Å². The van der Waals surface area contributed by atoms with Crippen LogP contribution in [0.25, 0.3) is 0 Å². The minimum atomic E-state index is -0.749. The molecule has 0 aromatic carbocycles. The third kappa shape index (κ3) is 6.47. The first-order valence-electron chi connectivity index (χ1n) is 9.01. The third-order valence-corrected chi connectivity index (χ3v) is 9.91. The Hall–Kier alpha value is -0.251. The van der Waals surface area contributed by atoms with Gasteiger partial charge < -0.3 is 0 Å². The molecule has 0 saturated heterocycles.